The largest absolute Gasteiger partial charge is 0.457 e. The van der Waals surface area contributed by atoms with E-state index in [4.69, 9.17) is 4.74 Å². The Bertz CT molecular complexity index is 1610. The number of pyridine rings is 1. The highest BCUT2D eigenvalue weighted by Gasteiger charge is 2.25. The third kappa shape index (κ3) is 4.54. The molecule has 0 atom stereocenters. The number of ether oxygens (including phenoxy) is 1. The third-order valence-corrected chi connectivity index (χ3v) is 8.20. The lowest BCUT2D eigenvalue weighted by Gasteiger charge is -2.28. The number of carbonyl (C=O) groups excluding carboxylic acids is 1. The van der Waals surface area contributed by atoms with E-state index in [2.05, 4.69) is 31.7 Å². The highest BCUT2D eigenvalue weighted by atomic mass is 32.1. The standard InChI is InChI=1S/C29H29N5O2S/c1-18-32-26-25-24(34(18)21-12-14-23(15-13-21)36-22-6-4-3-5-7-22)16-17-31-29(25)37-27(26)28(35)33-20-10-8-19(30-2)9-11-20/h3-7,12-17,19-20,30,32H,1,8-11H2,2H3,(H,33,35). The molecule has 1 saturated carbocycles. The van der Waals surface area contributed by atoms with Crippen LogP contribution in [0, 0.1) is 0 Å². The molecule has 0 radical (unpaired) electrons. The van der Waals surface area contributed by atoms with Gasteiger partial charge < -0.3 is 20.4 Å². The van der Waals surface area contributed by atoms with Crippen molar-refractivity contribution in [3.8, 4) is 17.2 Å². The molecule has 1 aliphatic carbocycles. The van der Waals surface area contributed by atoms with E-state index in [-0.39, 0.29) is 11.9 Å². The first-order valence-electron chi connectivity index (χ1n) is 12.6. The summed E-state index contributed by atoms with van der Waals surface area (Å²) in [7, 11) is 2.00. The Labute approximate surface area is 218 Å². The minimum atomic E-state index is -0.0481. The van der Waals surface area contributed by atoms with Crippen LogP contribution in [0.2, 0.25) is 0 Å². The SMILES string of the molecule is C=c1[nH]c2c(C(=O)NC3CCC(NC)CC3)sc3nccc(c32)n1-c1ccc(Oc2ccccc2)cc1. The van der Waals surface area contributed by atoms with Gasteiger partial charge in [0, 0.05) is 24.0 Å². The van der Waals surface area contributed by atoms with Crippen LogP contribution in [0.25, 0.3) is 33.5 Å². The van der Waals surface area contributed by atoms with E-state index in [0.717, 1.165) is 64.1 Å². The molecule has 0 saturated heterocycles. The summed E-state index contributed by atoms with van der Waals surface area (Å²) in [6, 6.07) is 20.3. The molecule has 0 bridgehead atoms. The van der Waals surface area contributed by atoms with Crippen LogP contribution in [0.3, 0.4) is 0 Å². The second kappa shape index (κ2) is 9.88. The topological polar surface area (TPSA) is 84.0 Å². The highest BCUT2D eigenvalue weighted by molar-refractivity contribution is 7.21. The van der Waals surface area contributed by atoms with Crippen molar-refractivity contribution in [3.05, 3.63) is 77.2 Å². The van der Waals surface area contributed by atoms with Gasteiger partial charge in [-0.2, -0.15) is 0 Å². The summed E-state index contributed by atoms with van der Waals surface area (Å²) >= 11 is 1.42. The number of rotatable bonds is 6. The fourth-order valence-corrected chi connectivity index (χ4v) is 6.20. The quantitative estimate of drug-likeness (QED) is 0.288. The zero-order valence-electron chi connectivity index (χ0n) is 20.7. The fraction of sp³-hybridized carbons (Fsp3) is 0.241. The van der Waals surface area contributed by atoms with Crippen molar-refractivity contribution in [3.63, 3.8) is 0 Å². The molecular weight excluding hydrogens is 482 g/mol. The van der Waals surface area contributed by atoms with E-state index in [0.29, 0.717) is 16.4 Å². The van der Waals surface area contributed by atoms with Crippen LogP contribution in [0.1, 0.15) is 35.4 Å². The summed E-state index contributed by atoms with van der Waals surface area (Å²) in [6.07, 6.45) is 5.91. The third-order valence-electron chi connectivity index (χ3n) is 7.10. The van der Waals surface area contributed by atoms with Gasteiger partial charge in [0.15, 0.2) is 0 Å². The van der Waals surface area contributed by atoms with Crippen LogP contribution in [0.5, 0.6) is 11.5 Å². The number of nitrogens with one attached hydrogen (secondary N) is 3. The van der Waals surface area contributed by atoms with Gasteiger partial charge >= 0.3 is 0 Å². The monoisotopic (exact) mass is 511 g/mol. The van der Waals surface area contributed by atoms with Gasteiger partial charge in [-0.3, -0.25) is 9.36 Å². The number of hydrogen-bond acceptors (Lipinski definition) is 5. The smallest absolute Gasteiger partial charge is 0.263 e. The average molecular weight is 512 g/mol. The molecule has 0 unspecified atom stereocenters. The number of aromatic amines is 1. The Hall–Kier alpha value is -3.88. The summed E-state index contributed by atoms with van der Waals surface area (Å²) in [5, 5.41) is 7.55. The van der Waals surface area contributed by atoms with E-state index in [9.17, 15) is 4.79 Å². The van der Waals surface area contributed by atoms with E-state index in [1.165, 1.54) is 11.3 Å². The van der Waals surface area contributed by atoms with Crippen molar-refractivity contribution in [1.82, 2.24) is 25.2 Å². The molecule has 3 N–H and O–H groups in total. The molecule has 3 aromatic heterocycles. The second-order valence-electron chi connectivity index (χ2n) is 9.44. The van der Waals surface area contributed by atoms with Crippen LogP contribution >= 0.6 is 11.3 Å². The zero-order valence-corrected chi connectivity index (χ0v) is 21.5. The van der Waals surface area contributed by atoms with E-state index < -0.39 is 0 Å². The summed E-state index contributed by atoms with van der Waals surface area (Å²) in [5.41, 5.74) is 3.35. The molecule has 0 spiro atoms. The molecule has 7 nitrogen and oxygen atoms in total. The van der Waals surface area contributed by atoms with Crippen LogP contribution in [0.15, 0.2) is 66.9 Å². The molecule has 37 heavy (non-hydrogen) atoms. The molecule has 1 fully saturated rings. The predicted molar refractivity (Wildman–Crippen MR) is 149 cm³/mol. The first kappa shape index (κ1) is 23.5. The van der Waals surface area contributed by atoms with Crippen molar-refractivity contribution < 1.29 is 9.53 Å². The molecule has 3 heterocycles. The van der Waals surface area contributed by atoms with Crippen molar-refractivity contribution in [1.29, 1.82) is 0 Å². The summed E-state index contributed by atoms with van der Waals surface area (Å²) in [5.74, 6) is 1.50. The van der Waals surface area contributed by atoms with Crippen molar-refractivity contribution in [2.45, 2.75) is 37.8 Å². The van der Waals surface area contributed by atoms with Gasteiger partial charge in [0.1, 0.15) is 26.7 Å². The summed E-state index contributed by atoms with van der Waals surface area (Å²) in [6.45, 7) is 4.29. The molecule has 8 heteroatoms. The number of H-pyrrole nitrogens is 1. The normalized spacial score (nSPS) is 17.8. The molecule has 0 aliphatic heterocycles. The molecule has 2 aromatic carbocycles. The molecule has 188 valence electrons. The maximum Gasteiger partial charge on any atom is 0.263 e. The predicted octanol–water partition coefficient (Wildman–Crippen LogP) is 5.31. The van der Waals surface area contributed by atoms with Crippen LogP contribution in [0.4, 0.5) is 0 Å². The Balaban J connectivity index is 1.32. The number of amides is 1. The second-order valence-corrected chi connectivity index (χ2v) is 10.4. The van der Waals surface area contributed by atoms with Gasteiger partial charge in [0.25, 0.3) is 5.91 Å². The molecule has 6 rings (SSSR count). The van der Waals surface area contributed by atoms with Gasteiger partial charge in [0.2, 0.25) is 0 Å². The number of nitrogens with zero attached hydrogens (tertiary/aromatic N) is 2. The lowest BCUT2D eigenvalue weighted by molar-refractivity contribution is 0.0930. The highest BCUT2D eigenvalue weighted by Crippen LogP contribution is 2.34. The molecular formula is C29H29N5O2S. The van der Waals surface area contributed by atoms with Crippen LogP contribution in [-0.2, 0) is 0 Å². The minimum Gasteiger partial charge on any atom is -0.457 e. The Morgan fingerprint density at radius 2 is 1.73 bits per heavy atom. The lowest BCUT2D eigenvalue weighted by atomic mass is 9.91. The number of para-hydroxylation sites is 1. The maximum absolute atomic E-state index is 13.4. The number of thiophene rings is 1. The molecule has 1 amide bonds. The van der Waals surface area contributed by atoms with Crippen molar-refractivity contribution in [2.24, 2.45) is 0 Å². The van der Waals surface area contributed by atoms with Gasteiger partial charge in [-0.15, -0.1) is 11.3 Å². The number of carbonyl (C=O) groups is 1. The summed E-state index contributed by atoms with van der Waals surface area (Å²) < 4.78 is 8.01. The fourth-order valence-electron chi connectivity index (χ4n) is 5.18. The first-order chi connectivity index (χ1) is 18.1. The van der Waals surface area contributed by atoms with E-state index in [1.807, 2.05) is 67.7 Å². The number of aromatic nitrogens is 3. The van der Waals surface area contributed by atoms with Crippen molar-refractivity contribution >= 4 is 45.1 Å². The van der Waals surface area contributed by atoms with Gasteiger partial charge in [-0.1, -0.05) is 24.8 Å². The molecule has 5 aromatic rings. The maximum atomic E-state index is 13.4. The summed E-state index contributed by atoms with van der Waals surface area (Å²) in [4.78, 5) is 22.8. The van der Waals surface area contributed by atoms with Gasteiger partial charge in [-0.05, 0) is 75.2 Å². The van der Waals surface area contributed by atoms with Crippen molar-refractivity contribution in [2.75, 3.05) is 7.05 Å². The Morgan fingerprint density at radius 3 is 2.46 bits per heavy atom. The minimum absolute atomic E-state index is 0.0481. The zero-order chi connectivity index (χ0) is 25.4. The Morgan fingerprint density at radius 1 is 1.03 bits per heavy atom. The van der Waals surface area contributed by atoms with Crippen LogP contribution < -0.4 is 20.9 Å². The average Bonchev–Trinajstić information content (AvgIpc) is 3.30. The van der Waals surface area contributed by atoms with Crippen LogP contribution in [-0.4, -0.2) is 39.6 Å². The van der Waals surface area contributed by atoms with E-state index >= 15 is 0 Å². The molecule has 1 aliphatic rings. The lowest BCUT2D eigenvalue weighted by Crippen LogP contribution is -2.41. The van der Waals surface area contributed by atoms with E-state index in [1.54, 1.807) is 6.20 Å². The number of hydrogen-bond donors (Lipinski definition) is 3. The Kier molecular flexibility index (Phi) is 6.28. The number of benzene rings is 2. The van der Waals surface area contributed by atoms with Gasteiger partial charge in [-0.25, -0.2) is 4.98 Å². The first-order valence-corrected chi connectivity index (χ1v) is 13.4. The van der Waals surface area contributed by atoms with Gasteiger partial charge in [0.05, 0.1) is 16.4 Å².